The lowest BCUT2D eigenvalue weighted by atomic mass is 10.0. The molecule has 2 rings (SSSR count). The van der Waals surface area contributed by atoms with Crippen molar-refractivity contribution in [3.8, 4) is 12.3 Å². The number of nitrogens with one attached hydrogen (secondary N) is 1. The number of terminal acetylenes is 1. The minimum atomic E-state index is -0.343. The van der Waals surface area contributed by atoms with E-state index in [0.29, 0.717) is 25.3 Å². The van der Waals surface area contributed by atoms with Gasteiger partial charge in [-0.3, -0.25) is 4.79 Å². The molecule has 1 fully saturated rings. The summed E-state index contributed by atoms with van der Waals surface area (Å²) in [5, 5.41) is 11.1. The molecule has 0 aromatic heterocycles. The van der Waals surface area contributed by atoms with Crippen molar-refractivity contribution in [1.82, 2.24) is 10.2 Å². The molecule has 0 atom stereocenters. The van der Waals surface area contributed by atoms with Crippen LogP contribution in [0.4, 0.5) is 0 Å². The van der Waals surface area contributed by atoms with Crippen LogP contribution in [-0.4, -0.2) is 42.6 Å². The predicted octanol–water partition coefficient (Wildman–Crippen LogP) is 2.33. The van der Waals surface area contributed by atoms with Crippen LogP contribution in [0, 0.1) is 12.3 Å². The minimum Gasteiger partial charge on any atom is -0.355 e. The molecule has 1 saturated carbocycles. The van der Waals surface area contributed by atoms with Crippen LogP contribution in [0.5, 0.6) is 0 Å². The number of hydrogen-bond acceptors (Lipinski definition) is 4. The molecule has 1 heterocycles. The van der Waals surface area contributed by atoms with E-state index in [-0.39, 0.29) is 11.6 Å². The summed E-state index contributed by atoms with van der Waals surface area (Å²) in [4.78, 5) is 14.2. The van der Waals surface area contributed by atoms with E-state index < -0.39 is 0 Å². The highest BCUT2D eigenvalue weighted by Crippen LogP contribution is 2.37. The van der Waals surface area contributed by atoms with Crippen LogP contribution in [0.25, 0.3) is 0 Å². The van der Waals surface area contributed by atoms with Gasteiger partial charge in [0.2, 0.25) is 5.91 Å². The van der Waals surface area contributed by atoms with Gasteiger partial charge >= 0.3 is 0 Å². The van der Waals surface area contributed by atoms with E-state index in [1.54, 1.807) is 0 Å². The summed E-state index contributed by atoms with van der Waals surface area (Å²) >= 11 is 0. The molecule has 116 valence electrons. The monoisotopic (exact) mass is 290 g/mol. The molecule has 1 aliphatic heterocycles. The van der Waals surface area contributed by atoms with E-state index in [2.05, 4.69) is 33.4 Å². The maximum Gasteiger partial charge on any atom is 0.220 e. The Labute approximate surface area is 127 Å². The molecule has 0 spiro atoms. The van der Waals surface area contributed by atoms with Crippen molar-refractivity contribution in [2.24, 2.45) is 10.2 Å². The van der Waals surface area contributed by atoms with Crippen molar-refractivity contribution in [3.63, 3.8) is 0 Å². The van der Waals surface area contributed by atoms with E-state index in [1.165, 1.54) is 25.7 Å². The zero-order valence-corrected chi connectivity index (χ0v) is 13.0. The Kier molecular flexibility index (Phi) is 5.75. The van der Waals surface area contributed by atoms with E-state index in [1.807, 2.05) is 0 Å². The van der Waals surface area contributed by atoms with Crippen molar-refractivity contribution in [2.45, 2.75) is 63.1 Å². The Morgan fingerprint density at radius 1 is 1.38 bits per heavy atom. The van der Waals surface area contributed by atoms with Gasteiger partial charge in [0.1, 0.15) is 0 Å². The Bertz CT molecular complexity index is 414. The number of carbonyl (C=O) groups is 1. The van der Waals surface area contributed by atoms with E-state index in [4.69, 9.17) is 6.42 Å². The second kappa shape index (κ2) is 7.56. The number of hydrogen-bond donors (Lipinski definition) is 1. The normalized spacial score (nSPS) is 19.7. The van der Waals surface area contributed by atoms with Gasteiger partial charge in [-0.25, -0.2) is 0 Å². The zero-order chi connectivity index (χ0) is 15.1. The van der Waals surface area contributed by atoms with Gasteiger partial charge in [-0.2, -0.15) is 10.2 Å². The maximum atomic E-state index is 11.8. The predicted molar refractivity (Wildman–Crippen MR) is 82.8 cm³/mol. The molecule has 21 heavy (non-hydrogen) atoms. The third kappa shape index (κ3) is 5.13. The molecule has 5 nitrogen and oxygen atoms in total. The summed E-state index contributed by atoms with van der Waals surface area (Å²) in [6.45, 7) is 1.64. The van der Waals surface area contributed by atoms with Gasteiger partial charge in [0.15, 0.2) is 5.66 Å². The van der Waals surface area contributed by atoms with E-state index in [9.17, 15) is 4.79 Å². The van der Waals surface area contributed by atoms with Gasteiger partial charge in [0.25, 0.3) is 0 Å². The van der Waals surface area contributed by atoms with Crippen LogP contribution < -0.4 is 5.32 Å². The SMILES string of the molecule is C#CCCC1(CCC(=O)NCCN(C)C2CCCC2)N=N1. The quantitative estimate of drug-likeness (QED) is 0.663. The van der Waals surface area contributed by atoms with Crippen molar-refractivity contribution < 1.29 is 4.79 Å². The first kappa shape index (κ1) is 16.0. The lowest BCUT2D eigenvalue weighted by Crippen LogP contribution is -2.37. The summed E-state index contributed by atoms with van der Waals surface area (Å²) in [7, 11) is 2.15. The van der Waals surface area contributed by atoms with Crippen LogP contribution in [-0.2, 0) is 4.79 Å². The van der Waals surface area contributed by atoms with Crippen LogP contribution in [0.15, 0.2) is 10.2 Å². The number of amides is 1. The molecule has 5 heteroatoms. The summed E-state index contributed by atoms with van der Waals surface area (Å²) < 4.78 is 0. The summed E-state index contributed by atoms with van der Waals surface area (Å²) in [6.07, 6.45) is 13.1. The fraction of sp³-hybridized carbons (Fsp3) is 0.812. The highest BCUT2D eigenvalue weighted by molar-refractivity contribution is 5.75. The van der Waals surface area contributed by atoms with Gasteiger partial charge in [0.05, 0.1) is 0 Å². The second-order valence-corrected chi connectivity index (χ2v) is 6.16. The first-order valence-corrected chi connectivity index (χ1v) is 8.00. The van der Waals surface area contributed by atoms with Crippen molar-refractivity contribution >= 4 is 5.91 Å². The van der Waals surface area contributed by atoms with Crippen LogP contribution in [0.3, 0.4) is 0 Å². The summed E-state index contributed by atoms with van der Waals surface area (Å²) in [6, 6.07) is 0.706. The second-order valence-electron chi connectivity index (χ2n) is 6.16. The first-order chi connectivity index (χ1) is 10.2. The molecular formula is C16H26N4O. The summed E-state index contributed by atoms with van der Waals surface area (Å²) in [5.74, 6) is 2.69. The Morgan fingerprint density at radius 2 is 2.10 bits per heavy atom. The van der Waals surface area contributed by atoms with Gasteiger partial charge in [0, 0.05) is 44.8 Å². The molecule has 1 N–H and O–H groups in total. The molecule has 2 aliphatic rings. The van der Waals surface area contributed by atoms with Crippen LogP contribution >= 0.6 is 0 Å². The zero-order valence-electron chi connectivity index (χ0n) is 13.0. The Hall–Kier alpha value is -1.41. The molecule has 0 saturated heterocycles. The molecule has 0 unspecified atom stereocenters. The molecule has 0 radical (unpaired) electrons. The number of rotatable bonds is 9. The number of likely N-dealkylation sites (N-methyl/N-ethyl adjacent to an activating group) is 1. The van der Waals surface area contributed by atoms with Crippen molar-refractivity contribution in [3.05, 3.63) is 0 Å². The molecule has 0 aromatic carbocycles. The topological polar surface area (TPSA) is 57.1 Å². The lowest BCUT2D eigenvalue weighted by Gasteiger charge is -2.23. The van der Waals surface area contributed by atoms with Gasteiger partial charge < -0.3 is 10.2 Å². The maximum absolute atomic E-state index is 11.8. The van der Waals surface area contributed by atoms with Crippen molar-refractivity contribution in [2.75, 3.05) is 20.1 Å². The third-order valence-electron chi connectivity index (χ3n) is 4.54. The smallest absolute Gasteiger partial charge is 0.220 e. The van der Waals surface area contributed by atoms with E-state index >= 15 is 0 Å². The molecule has 0 bridgehead atoms. The molecule has 1 amide bonds. The Balaban J connectivity index is 1.54. The first-order valence-electron chi connectivity index (χ1n) is 8.00. The van der Waals surface area contributed by atoms with Gasteiger partial charge in [-0.15, -0.1) is 12.3 Å². The van der Waals surface area contributed by atoms with Crippen molar-refractivity contribution in [1.29, 1.82) is 0 Å². The fourth-order valence-corrected chi connectivity index (χ4v) is 2.97. The largest absolute Gasteiger partial charge is 0.355 e. The standard InChI is InChI=1S/C16H26N4O/c1-3-4-10-16(18-19-16)11-9-15(21)17-12-13-20(2)14-7-5-6-8-14/h1,14H,4-13H2,2H3,(H,17,21). The lowest BCUT2D eigenvalue weighted by molar-refractivity contribution is -0.121. The molecular weight excluding hydrogens is 264 g/mol. The van der Waals surface area contributed by atoms with E-state index in [0.717, 1.165) is 19.5 Å². The van der Waals surface area contributed by atoms with Gasteiger partial charge in [-0.05, 0) is 19.9 Å². The fourth-order valence-electron chi connectivity index (χ4n) is 2.97. The molecule has 1 aliphatic carbocycles. The number of nitrogens with zero attached hydrogens (tertiary/aromatic N) is 3. The highest BCUT2D eigenvalue weighted by atomic mass is 16.1. The highest BCUT2D eigenvalue weighted by Gasteiger charge is 2.39. The van der Waals surface area contributed by atoms with Crippen LogP contribution in [0.1, 0.15) is 51.4 Å². The van der Waals surface area contributed by atoms with Gasteiger partial charge in [-0.1, -0.05) is 12.8 Å². The average Bonchev–Trinajstić information content (AvgIpc) is 3.03. The number of carbonyl (C=O) groups excluding carboxylic acids is 1. The Morgan fingerprint density at radius 3 is 2.71 bits per heavy atom. The molecule has 0 aromatic rings. The third-order valence-corrected chi connectivity index (χ3v) is 4.54. The van der Waals surface area contributed by atoms with Crippen LogP contribution in [0.2, 0.25) is 0 Å². The average molecular weight is 290 g/mol. The summed E-state index contributed by atoms with van der Waals surface area (Å²) in [5.41, 5.74) is -0.343. The minimum absolute atomic E-state index is 0.0900.